The van der Waals surface area contributed by atoms with E-state index in [2.05, 4.69) is 13.5 Å². The molecular formula is C18H30O4. The molecule has 1 atom stereocenters. The van der Waals surface area contributed by atoms with Crippen molar-refractivity contribution in [1.82, 2.24) is 0 Å². The van der Waals surface area contributed by atoms with E-state index in [-0.39, 0.29) is 24.4 Å². The number of carbonyl (C=O) groups is 2. The first-order valence-corrected chi connectivity index (χ1v) is 8.43. The van der Waals surface area contributed by atoms with Gasteiger partial charge in [-0.1, -0.05) is 33.3 Å². The maximum Gasteiger partial charge on any atom is 0.333 e. The summed E-state index contributed by atoms with van der Waals surface area (Å²) in [6.45, 7) is 9.81. The third-order valence-electron chi connectivity index (χ3n) is 4.23. The Hall–Kier alpha value is -1.32. The Morgan fingerprint density at radius 2 is 1.73 bits per heavy atom. The zero-order valence-corrected chi connectivity index (χ0v) is 14.2. The SMILES string of the molecule is C=C(C)C(=O)OC[C@H](C)COC(=O)C1CCC(CCC)CC1. The van der Waals surface area contributed by atoms with E-state index in [9.17, 15) is 9.59 Å². The van der Waals surface area contributed by atoms with Crippen molar-refractivity contribution in [2.24, 2.45) is 17.8 Å². The van der Waals surface area contributed by atoms with E-state index in [1.807, 2.05) is 6.92 Å². The number of ether oxygens (including phenoxy) is 2. The van der Waals surface area contributed by atoms with Crippen LogP contribution in [-0.4, -0.2) is 25.2 Å². The van der Waals surface area contributed by atoms with Gasteiger partial charge in [0.15, 0.2) is 0 Å². The van der Waals surface area contributed by atoms with Crippen molar-refractivity contribution in [3.8, 4) is 0 Å². The van der Waals surface area contributed by atoms with Crippen LogP contribution in [0.15, 0.2) is 12.2 Å². The average Bonchev–Trinajstić information content (AvgIpc) is 2.51. The molecular weight excluding hydrogens is 280 g/mol. The molecule has 0 radical (unpaired) electrons. The zero-order valence-electron chi connectivity index (χ0n) is 14.2. The molecule has 1 saturated carbocycles. The molecule has 0 N–H and O–H groups in total. The molecule has 126 valence electrons. The Morgan fingerprint density at radius 1 is 1.14 bits per heavy atom. The Labute approximate surface area is 134 Å². The van der Waals surface area contributed by atoms with E-state index < -0.39 is 5.97 Å². The van der Waals surface area contributed by atoms with Crippen LogP contribution in [0.25, 0.3) is 0 Å². The fourth-order valence-electron chi connectivity index (χ4n) is 2.83. The largest absolute Gasteiger partial charge is 0.465 e. The maximum absolute atomic E-state index is 12.1. The smallest absolute Gasteiger partial charge is 0.333 e. The van der Waals surface area contributed by atoms with E-state index in [4.69, 9.17) is 9.47 Å². The lowest BCUT2D eigenvalue weighted by molar-refractivity contribution is -0.152. The highest BCUT2D eigenvalue weighted by Gasteiger charge is 2.27. The van der Waals surface area contributed by atoms with Gasteiger partial charge in [-0.05, 0) is 38.5 Å². The molecule has 0 amide bonds. The van der Waals surface area contributed by atoms with Gasteiger partial charge in [0.25, 0.3) is 0 Å². The highest BCUT2D eigenvalue weighted by atomic mass is 16.5. The molecule has 0 unspecified atom stereocenters. The molecule has 0 aromatic carbocycles. The highest BCUT2D eigenvalue weighted by Crippen LogP contribution is 2.32. The summed E-state index contributed by atoms with van der Waals surface area (Å²) in [6.07, 6.45) is 6.66. The van der Waals surface area contributed by atoms with E-state index in [0.717, 1.165) is 31.6 Å². The van der Waals surface area contributed by atoms with Gasteiger partial charge in [-0.3, -0.25) is 4.79 Å². The van der Waals surface area contributed by atoms with Gasteiger partial charge in [-0.15, -0.1) is 0 Å². The predicted molar refractivity (Wildman–Crippen MR) is 86.3 cm³/mol. The molecule has 0 aliphatic heterocycles. The molecule has 0 aromatic heterocycles. The van der Waals surface area contributed by atoms with Crippen molar-refractivity contribution in [2.75, 3.05) is 13.2 Å². The molecule has 0 aromatic rings. The summed E-state index contributed by atoms with van der Waals surface area (Å²) >= 11 is 0. The molecule has 1 aliphatic rings. The third-order valence-corrected chi connectivity index (χ3v) is 4.23. The molecule has 1 fully saturated rings. The summed E-state index contributed by atoms with van der Waals surface area (Å²) in [5.74, 6) is 0.358. The van der Waals surface area contributed by atoms with Crippen LogP contribution in [0.2, 0.25) is 0 Å². The molecule has 0 saturated heterocycles. The summed E-state index contributed by atoms with van der Waals surface area (Å²) in [7, 11) is 0. The van der Waals surface area contributed by atoms with Crippen LogP contribution in [0.4, 0.5) is 0 Å². The van der Waals surface area contributed by atoms with Crippen LogP contribution in [-0.2, 0) is 19.1 Å². The average molecular weight is 310 g/mol. The van der Waals surface area contributed by atoms with Crippen molar-refractivity contribution in [3.05, 3.63) is 12.2 Å². The minimum atomic E-state index is -0.396. The maximum atomic E-state index is 12.1. The summed E-state index contributed by atoms with van der Waals surface area (Å²) < 4.78 is 10.4. The fourth-order valence-corrected chi connectivity index (χ4v) is 2.83. The molecule has 1 rings (SSSR count). The summed E-state index contributed by atoms with van der Waals surface area (Å²) in [4.78, 5) is 23.4. The third kappa shape index (κ3) is 6.63. The van der Waals surface area contributed by atoms with Crippen molar-refractivity contribution >= 4 is 11.9 Å². The Kier molecular flexibility index (Phi) is 8.21. The van der Waals surface area contributed by atoms with Gasteiger partial charge in [0.2, 0.25) is 0 Å². The molecule has 0 heterocycles. The van der Waals surface area contributed by atoms with Gasteiger partial charge in [-0.25, -0.2) is 4.79 Å². The first-order valence-electron chi connectivity index (χ1n) is 8.43. The lowest BCUT2D eigenvalue weighted by Gasteiger charge is -2.27. The van der Waals surface area contributed by atoms with Crippen LogP contribution in [0.5, 0.6) is 0 Å². The summed E-state index contributed by atoms with van der Waals surface area (Å²) in [5, 5.41) is 0. The molecule has 0 bridgehead atoms. The number of esters is 2. The van der Waals surface area contributed by atoms with E-state index in [1.54, 1.807) is 6.92 Å². The summed E-state index contributed by atoms with van der Waals surface area (Å²) in [5.41, 5.74) is 0.382. The van der Waals surface area contributed by atoms with Crippen LogP contribution >= 0.6 is 0 Å². The van der Waals surface area contributed by atoms with Crippen molar-refractivity contribution in [1.29, 1.82) is 0 Å². The fraction of sp³-hybridized carbons (Fsp3) is 0.778. The molecule has 0 spiro atoms. The number of carbonyl (C=O) groups excluding carboxylic acids is 2. The van der Waals surface area contributed by atoms with E-state index in [0.29, 0.717) is 12.2 Å². The van der Waals surface area contributed by atoms with Crippen molar-refractivity contribution in [2.45, 2.75) is 59.3 Å². The Morgan fingerprint density at radius 3 is 2.27 bits per heavy atom. The van der Waals surface area contributed by atoms with Crippen molar-refractivity contribution in [3.63, 3.8) is 0 Å². The topological polar surface area (TPSA) is 52.6 Å². The molecule has 4 heteroatoms. The first kappa shape index (κ1) is 18.7. The standard InChI is InChI=1S/C18H30O4/c1-5-6-15-7-9-16(10-8-15)18(20)22-12-14(4)11-21-17(19)13(2)3/h14-16H,2,5-12H2,1,3-4H3/t14-,15?,16?/m0/s1. The zero-order chi connectivity index (χ0) is 16.5. The van der Waals surface area contributed by atoms with Gasteiger partial charge in [0, 0.05) is 11.5 Å². The van der Waals surface area contributed by atoms with Gasteiger partial charge in [0.1, 0.15) is 0 Å². The predicted octanol–water partition coefficient (Wildman–Crippen LogP) is 3.89. The quantitative estimate of drug-likeness (QED) is 0.504. The second-order valence-corrected chi connectivity index (χ2v) is 6.62. The van der Waals surface area contributed by atoms with Gasteiger partial charge in [-0.2, -0.15) is 0 Å². The van der Waals surface area contributed by atoms with Gasteiger partial charge >= 0.3 is 11.9 Å². The monoisotopic (exact) mass is 310 g/mol. The highest BCUT2D eigenvalue weighted by molar-refractivity contribution is 5.86. The van der Waals surface area contributed by atoms with Crippen molar-refractivity contribution < 1.29 is 19.1 Å². The first-order chi connectivity index (χ1) is 10.4. The Bertz CT molecular complexity index is 381. The van der Waals surface area contributed by atoms with Crippen LogP contribution in [0.1, 0.15) is 59.3 Å². The number of hydrogen-bond donors (Lipinski definition) is 0. The minimum absolute atomic E-state index is 0.00341. The minimum Gasteiger partial charge on any atom is -0.465 e. The lowest BCUT2D eigenvalue weighted by atomic mass is 9.80. The van der Waals surface area contributed by atoms with Gasteiger partial charge < -0.3 is 9.47 Å². The van der Waals surface area contributed by atoms with Gasteiger partial charge in [0.05, 0.1) is 19.1 Å². The molecule has 22 heavy (non-hydrogen) atoms. The lowest BCUT2D eigenvalue weighted by Crippen LogP contribution is -2.26. The number of hydrogen-bond acceptors (Lipinski definition) is 4. The molecule has 4 nitrogen and oxygen atoms in total. The van der Waals surface area contributed by atoms with E-state index in [1.165, 1.54) is 12.8 Å². The second kappa shape index (κ2) is 9.65. The summed E-state index contributed by atoms with van der Waals surface area (Å²) in [6, 6.07) is 0. The van der Waals surface area contributed by atoms with E-state index >= 15 is 0 Å². The number of rotatable bonds is 8. The molecule has 1 aliphatic carbocycles. The van der Waals surface area contributed by atoms with Crippen LogP contribution < -0.4 is 0 Å². The normalized spacial score (nSPS) is 22.7. The van der Waals surface area contributed by atoms with Crippen LogP contribution in [0, 0.1) is 17.8 Å². The second-order valence-electron chi connectivity index (χ2n) is 6.62. The Balaban J connectivity index is 2.20. The van der Waals surface area contributed by atoms with Crippen LogP contribution in [0.3, 0.4) is 0 Å².